The summed E-state index contributed by atoms with van der Waals surface area (Å²) in [5.74, 6) is -0.257. The molecule has 0 radical (unpaired) electrons. The van der Waals surface area contributed by atoms with Crippen molar-refractivity contribution in [2.75, 3.05) is 6.61 Å². The lowest BCUT2D eigenvalue weighted by atomic mass is 10.0. The number of hydrogen-bond acceptors (Lipinski definition) is 4. The molecule has 0 aromatic rings. The van der Waals surface area contributed by atoms with Crippen molar-refractivity contribution < 1.29 is 19.1 Å². The second-order valence-corrected chi connectivity index (χ2v) is 7.72. The molecule has 0 aromatic heterocycles. The Morgan fingerprint density at radius 2 is 1.39 bits per heavy atom. The first-order valence-electron chi connectivity index (χ1n) is 11.6. The molecule has 4 nitrogen and oxygen atoms in total. The summed E-state index contributed by atoms with van der Waals surface area (Å²) in [5, 5.41) is 0. The second kappa shape index (κ2) is 20.4. The van der Waals surface area contributed by atoms with E-state index in [4.69, 9.17) is 9.47 Å². The third-order valence-electron chi connectivity index (χ3n) is 5.08. The fraction of sp³-hybridized carbons (Fsp3) is 0.833. The van der Waals surface area contributed by atoms with Crippen LogP contribution in [0.2, 0.25) is 0 Å². The number of rotatable bonds is 19. The van der Waals surface area contributed by atoms with Gasteiger partial charge in [0.2, 0.25) is 0 Å². The van der Waals surface area contributed by atoms with Crippen molar-refractivity contribution in [1.82, 2.24) is 0 Å². The van der Waals surface area contributed by atoms with Crippen LogP contribution in [0.25, 0.3) is 0 Å². The van der Waals surface area contributed by atoms with Gasteiger partial charge >= 0.3 is 11.9 Å². The van der Waals surface area contributed by atoms with Gasteiger partial charge in [0.1, 0.15) is 0 Å². The molecule has 0 aromatic carbocycles. The second-order valence-electron chi connectivity index (χ2n) is 7.72. The molecule has 0 amide bonds. The number of esters is 2. The number of allylic oxidation sites excluding steroid dienone is 1. The molecule has 0 aliphatic rings. The van der Waals surface area contributed by atoms with E-state index in [0.29, 0.717) is 12.5 Å². The molecule has 28 heavy (non-hydrogen) atoms. The van der Waals surface area contributed by atoms with Crippen LogP contribution in [0.15, 0.2) is 12.3 Å². The van der Waals surface area contributed by atoms with Gasteiger partial charge in [-0.2, -0.15) is 0 Å². The van der Waals surface area contributed by atoms with Gasteiger partial charge in [-0.15, -0.1) is 0 Å². The van der Waals surface area contributed by atoms with Crippen LogP contribution in [-0.2, 0) is 19.1 Å². The Hall–Kier alpha value is -1.32. The first-order chi connectivity index (χ1) is 13.6. The maximum atomic E-state index is 11.8. The minimum atomic E-state index is -0.373. The van der Waals surface area contributed by atoms with Gasteiger partial charge in [0, 0.05) is 0 Å². The Kier molecular flexibility index (Phi) is 19.5. The Morgan fingerprint density at radius 1 is 0.786 bits per heavy atom. The summed E-state index contributed by atoms with van der Waals surface area (Å²) in [5.41, 5.74) is 0. The summed E-state index contributed by atoms with van der Waals surface area (Å²) in [6, 6.07) is 0. The Morgan fingerprint density at radius 3 is 2.04 bits per heavy atom. The molecule has 0 saturated carbocycles. The highest BCUT2D eigenvalue weighted by atomic mass is 16.5. The Balaban J connectivity index is 3.59. The smallest absolute Gasteiger partial charge is 0.311 e. The van der Waals surface area contributed by atoms with Crippen molar-refractivity contribution in [3.8, 4) is 0 Å². The van der Waals surface area contributed by atoms with Gasteiger partial charge in [-0.05, 0) is 31.3 Å². The minimum absolute atomic E-state index is 0.0761. The van der Waals surface area contributed by atoms with Crippen LogP contribution in [0.4, 0.5) is 0 Å². The van der Waals surface area contributed by atoms with E-state index >= 15 is 0 Å². The largest absolute Gasteiger partial charge is 0.465 e. The molecule has 1 atom stereocenters. The van der Waals surface area contributed by atoms with E-state index in [1.165, 1.54) is 51.2 Å². The number of hydrogen-bond donors (Lipinski definition) is 0. The zero-order valence-corrected chi connectivity index (χ0v) is 18.7. The van der Waals surface area contributed by atoms with Gasteiger partial charge in [0.25, 0.3) is 0 Å². The fourth-order valence-electron chi connectivity index (χ4n) is 3.03. The third kappa shape index (κ3) is 18.1. The summed E-state index contributed by atoms with van der Waals surface area (Å²) in [6.07, 6.45) is 19.2. The first kappa shape index (κ1) is 26.7. The number of carbonyl (C=O) groups is 2. The van der Waals surface area contributed by atoms with E-state index in [-0.39, 0.29) is 24.8 Å². The van der Waals surface area contributed by atoms with E-state index in [9.17, 15) is 9.59 Å². The lowest BCUT2D eigenvalue weighted by Crippen LogP contribution is -2.15. The topological polar surface area (TPSA) is 52.6 Å². The molecule has 0 fully saturated rings. The molecule has 0 spiro atoms. The lowest BCUT2D eigenvalue weighted by molar-refractivity contribution is -0.149. The van der Waals surface area contributed by atoms with Crippen LogP contribution >= 0.6 is 0 Å². The predicted octanol–water partition coefficient (Wildman–Crippen LogP) is 7.11. The average molecular weight is 397 g/mol. The van der Waals surface area contributed by atoms with Crippen LogP contribution in [0.5, 0.6) is 0 Å². The minimum Gasteiger partial charge on any atom is -0.465 e. The average Bonchev–Trinajstić information content (AvgIpc) is 2.70. The van der Waals surface area contributed by atoms with E-state index in [1.807, 2.05) is 6.08 Å². The molecular weight excluding hydrogens is 352 g/mol. The maximum absolute atomic E-state index is 11.8. The van der Waals surface area contributed by atoms with Gasteiger partial charge in [-0.1, -0.05) is 85.0 Å². The summed E-state index contributed by atoms with van der Waals surface area (Å²) < 4.78 is 10.3. The van der Waals surface area contributed by atoms with E-state index in [2.05, 4.69) is 20.8 Å². The fourth-order valence-corrected chi connectivity index (χ4v) is 3.03. The normalized spacial score (nSPS) is 12.2. The van der Waals surface area contributed by atoms with Crippen molar-refractivity contribution >= 4 is 11.9 Å². The monoisotopic (exact) mass is 396 g/mol. The van der Waals surface area contributed by atoms with Gasteiger partial charge in [-0.25, -0.2) is 0 Å². The molecule has 0 aliphatic heterocycles. The molecule has 0 rings (SSSR count). The highest BCUT2D eigenvalue weighted by Crippen LogP contribution is 2.13. The van der Waals surface area contributed by atoms with E-state index in [1.54, 1.807) is 0 Å². The van der Waals surface area contributed by atoms with Crippen LogP contribution in [0.3, 0.4) is 0 Å². The molecule has 1 unspecified atom stereocenters. The molecule has 0 bridgehead atoms. The molecule has 164 valence electrons. The molecule has 0 N–H and O–H groups in total. The van der Waals surface area contributed by atoms with Crippen molar-refractivity contribution in [3.05, 3.63) is 12.3 Å². The molecule has 0 aliphatic carbocycles. The Labute approximate surface area is 173 Å². The van der Waals surface area contributed by atoms with Gasteiger partial charge in [0.15, 0.2) is 0 Å². The number of ether oxygens (including phenoxy) is 2. The molecular formula is C24H44O4. The van der Waals surface area contributed by atoms with Gasteiger partial charge in [0.05, 0.1) is 25.7 Å². The maximum Gasteiger partial charge on any atom is 0.311 e. The summed E-state index contributed by atoms with van der Waals surface area (Å²) in [4.78, 5) is 23.4. The first-order valence-corrected chi connectivity index (χ1v) is 11.6. The van der Waals surface area contributed by atoms with Crippen LogP contribution in [-0.4, -0.2) is 18.5 Å². The van der Waals surface area contributed by atoms with E-state index in [0.717, 1.165) is 38.5 Å². The summed E-state index contributed by atoms with van der Waals surface area (Å²) in [6.45, 7) is 6.98. The molecule has 4 heteroatoms. The highest BCUT2D eigenvalue weighted by Gasteiger charge is 2.12. The van der Waals surface area contributed by atoms with Crippen LogP contribution < -0.4 is 0 Å². The number of carbonyl (C=O) groups excluding carboxylic acids is 2. The van der Waals surface area contributed by atoms with Crippen molar-refractivity contribution in [3.63, 3.8) is 0 Å². The van der Waals surface area contributed by atoms with Crippen molar-refractivity contribution in [2.24, 2.45) is 5.92 Å². The van der Waals surface area contributed by atoms with Crippen LogP contribution in [0, 0.1) is 5.92 Å². The zero-order chi connectivity index (χ0) is 20.9. The van der Waals surface area contributed by atoms with Gasteiger partial charge in [-0.3, -0.25) is 9.59 Å². The van der Waals surface area contributed by atoms with E-state index < -0.39 is 0 Å². The highest BCUT2D eigenvalue weighted by molar-refractivity contribution is 5.77. The zero-order valence-electron chi connectivity index (χ0n) is 18.7. The standard InChI is InChI=1S/C24H44O4/c1-4-7-9-10-11-12-13-14-15-16-20-27-23(25)18-19-24(26)28-21-22(6-3)17-8-5-2/h16,20,22H,4-15,17-19,21H2,1-3H3. The SMILES string of the molecule is CCCCCCCCCCC=COC(=O)CCC(=O)OCC(CC)CCCC. The van der Waals surface area contributed by atoms with Crippen molar-refractivity contribution in [2.45, 2.75) is 117 Å². The molecule has 0 heterocycles. The van der Waals surface area contributed by atoms with Gasteiger partial charge < -0.3 is 9.47 Å². The lowest BCUT2D eigenvalue weighted by Gasteiger charge is -2.14. The quantitative estimate of drug-likeness (QED) is 0.133. The third-order valence-corrected chi connectivity index (χ3v) is 5.08. The summed E-state index contributed by atoms with van der Waals surface area (Å²) in [7, 11) is 0. The molecule has 0 saturated heterocycles. The summed E-state index contributed by atoms with van der Waals surface area (Å²) >= 11 is 0. The number of unbranched alkanes of at least 4 members (excludes halogenated alkanes) is 9. The van der Waals surface area contributed by atoms with Crippen molar-refractivity contribution in [1.29, 1.82) is 0 Å². The van der Waals surface area contributed by atoms with Crippen LogP contribution in [0.1, 0.15) is 117 Å². The Bertz CT molecular complexity index is 403. The predicted molar refractivity (Wildman–Crippen MR) is 116 cm³/mol.